The zero-order chi connectivity index (χ0) is 19.7. The number of nitrogens with one attached hydrogen (secondary N) is 2. The fourth-order valence-electron chi connectivity index (χ4n) is 3.51. The molecule has 2 atom stereocenters. The Balaban J connectivity index is 1.79. The van der Waals surface area contributed by atoms with Crippen molar-refractivity contribution in [1.82, 2.24) is 0 Å². The van der Waals surface area contributed by atoms with E-state index in [1.807, 2.05) is 42.5 Å². The van der Waals surface area contributed by atoms with Crippen molar-refractivity contribution in [2.24, 2.45) is 5.92 Å². The molecule has 0 radical (unpaired) electrons. The van der Waals surface area contributed by atoms with Crippen LogP contribution in [0.3, 0.4) is 0 Å². The lowest BCUT2D eigenvalue weighted by Crippen LogP contribution is -2.42. The van der Waals surface area contributed by atoms with Crippen LogP contribution in [-0.4, -0.2) is 11.8 Å². The average molecular weight is 411 g/mol. The number of hydrogen-bond acceptors (Lipinski definition) is 2. The van der Waals surface area contributed by atoms with E-state index in [4.69, 9.17) is 23.2 Å². The summed E-state index contributed by atoms with van der Waals surface area (Å²) in [6, 6.07) is 21.7. The van der Waals surface area contributed by atoms with Crippen molar-refractivity contribution in [3.63, 3.8) is 0 Å². The molecule has 0 spiro atoms. The van der Waals surface area contributed by atoms with Gasteiger partial charge in [0, 0.05) is 17.3 Å². The molecule has 0 aromatic heterocycles. The Morgan fingerprint density at radius 3 is 2.36 bits per heavy atom. The summed E-state index contributed by atoms with van der Waals surface area (Å²) < 4.78 is 0. The number of hydrogen-bond donors (Lipinski definition) is 2. The van der Waals surface area contributed by atoms with E-state index in [2.05, 4.69) is 10.6 Å². The van der Waals surface area contributed by atoms with Crippen molar-refractivity contribution in [3.05, 3.63) is 94.0 Å². The first-order chi connectivity index (χ1) is 13.5. The number of rotatable bonds is 3. The van der Waals surface area contributed by atoms with Gasteiger partial charge in [0.2, 0.25) is 11.8 Å². The number of fused-ring (bicyclic) bond motifs is 1. The molecule has 140 valence electrons. The Kier molecular flexibility index (Phi) is 5.07. The summed E-state index contributed by atoms with van der Waals surface area (Å²) in [7, 11) is 0. The fourth-order valence-corrected chi connectivity index (χ4v) is 3.82. The van der Waals surface area contributed by atoms with Crippen LogP contribution < -0.4 is 10.6 Å². The summed E-state index contributed by atoms with van der Waals surface area (Å²) >= 11 is 12.3. The molecule has 1 aliphatic heterocycles. The third-order valence-electron chi connectivity index (χ3n) is 4.80. The highest BCUT2D eigenvalue weighted by atomic mass is 35.5. The number of para-hydroxylation sites is 2. The average Bonchev–Trinajstić information content (AvgIpc) is 2.69. The fraction of sp³-hybridized carbons (Fsp3) is 0.0909. The quantitative estimate of drug-likeness (QED) is 0.573. The van der Waals surface area contributed by atoms with Crippen LogP contribution in [0.5, 0.6) is 0 Å². The van der Waals surface area contributed by atoms with Crippen molar-refractivity contribution in [1.29, 1.82) is 0 Å². The molecule has 0 aliphatic carbocycles. The lowest BCUT2D eigenvalue weighted by Gasteiger charge is -2.32. The first-order valence-electron chi connectivity index (χ1n) is 8.75. The monoisotopic (exact) mass is 410 g/mol. The maximum atomic E-state index is 13.1. The van der Waals surface area contributed by atoms with Gasteiger partial charge < -0.3 is 10.6 Å². The van der Waals surface area contributed by atoms with E-state index in [-0.39, 0.29) is 11.8 Å². The smallest absolute Gasteiger partial charge is 0.237 e. The number of benzene rings is 3. The standard InChI is InChI=1S/C22H16Cl2N2O2/c23-16-11-10-13(12-17(16)24)19-15-8-4-5-9-18(15)26-22(28)20(19)21(27)25-14-6-2-1-3-7-14/h1-12,19-20H,(H,25,27)(H,26,28)/t19-,20+/m0/s1. The van der Waals surface area contributed by atoms with Crippen LogP contribution in [0.15, 0.2) is 72.8 Å². The van der Waals surface area contributed by atoms with E-state index in [0.717, 1.165) is 11.1 Å². The molecule has 2 amide bonds. The number of amides is 2. The van der Waals surface area contributed by atoms with Crippen LogP contribution in [0.1, 0.15) is 17.0 Å². The number of halogens is 2. The molecule has 0 fully saturated rings. The maximum Gasteiger partial charge on any atom is 0.237 e. The second kappa shape index (κ2) is 7.66. The summed E-state index contributed by atoms with van der Waals surface area (Å²) in [4.78, 5) is 26.0. The third kappa shape index (κ3) is 3.49. The van der Waals surface area contributed by atoms with E-state index in [9.17, 15) is 9.59 Å². The van der Waals surface area contributed by atoms with Gasteiger partial charge in [-0.05, 0) is 41.5 Å². The molecule has 4 nitrogen and oxygen atoms in total. The Bertz CT molecular complexity index is 1050. The van der Waals surface area contributed by atoms with E-state index >= 15 is 0 Å². The van der Waals surface area contributed by atoms with Crippen LogP contribution in [-0.2, 0) is 9.59 Å². The van der Waals surface area contributed by atoms with Gasteiger partial charge in [0.05, 0.1) is 10.0 Å². The maximum absolute atomic E-state index is 13.1. The second-order valence-corrected chi connectivity index (χ2v) is 7.38. The molecule has 3 aromatic rings. The largest absolute Gasteiger partial charge is 0.325 e. The van der Waals surface area contributed by atoms with E-state index in [1.165, 1.54) is 0 Å². The van der Waals surface area contributed by atoms with Gasteiger partial charge in [-0.2, -0.15) is 0 Å². The Hall–Kier alpha value is -2.82. The lowest BCUT2D eigenvalue weighted by atomic mass is 9.76. The van der Waals surface area contributed by atoms with E-state index in [1.54, 1.807) is 30.3 Å². The van der Waals surface area contributed by atoms with Gasteiger partial charge in [-0.1, -0.05) is 65.7 Å². The van der Waals surface area contributed by atoms with Gasteiger partial charge in [-0.15, -0.1) is 0 Å². The van der Waals surface area contributed by atoms with Gasteiger partial charge in [0.1, 0.15) is 5.92 Å². The van der Waals surface area contributed by atoms with E-state index in [0.29, 0.717) is 21.4 Å². The summed E-state index contributed by atoms with van der Waals surface area (Å²) in [5, 5.41) is 6.48. The zero-order valence-corrected chi connectivity index (χ0v) is 16.2. The lowest BCUT2D eigenvalue weighted by molar-refractivity contribution is -0.130. The molecule has 1 heterocycles. The van der Waals surface area contributed by atoms with Gasteiger partial charge in [-0.3, -0.25) is 9.59 Å². The molecule has 0 unspecified atom stereocenters. The Morgan fingerprint density at radius 1 is 0.893 bits per heavy atom. The molecule has 4 rings (SSSR count). The summed E-state index contributed by atoms with van der Waals surface area (Å²) in [6.07, 6.45) is 0. The number of anilines is 2. The minimum absolute atomic E-state index is 0.358. The predicted molar refractivity (Wildman–Crippen MR) is 112 cm³/mol. The van der Waals surface area contributed by atoms with Crippen LogP contribution in [0.2, 0.25) is 10.0 Å². The molecule has 0 saturated heterocycles. The minimum Gasteiger partial charge on any atom is -0.325 e. The molecule has 1 aliphatic rings. The Labute approximate surface area is 172 Å². The van der Waals surface area contributed by atoms with Gasteiger partial charge in [0.15, 0.2) is 0 Å². The van der Waals surface area contributed by atoms with Crippen molar-refractivity contribution in [2.45, 2.75) is 5.92 Å². The topological polar surface area (TPSA) is 58.2 Å². The molecule has 3 aromatic carbocycles. The molecular formula is C22H16Cl2N2O2. The normalized spacial score (nSPS) is 18.1. The van der Waals surface area contributed by atoms with Crippen LogP contribution in [0.25, 0.3) is 0 Å². The van der Waals surface area contributed by atoms with Crippen LogP contribution >= 0.6 is 23.2 Å². The first-order valence-corrected chi connectivity index (χ1v) is 9.51. The van der Waals surface area contributed by atoms with Crippen LogP contribution in [0, 0.1) is 5.92 Å². The van der Waals surface area contributed by atoms with Crippen molar-refractivity contribution in [3.8, 4) is 0 Å². The Morgan fingerprint density at radius 2 is 1.61 bits per heavy atom. The van der Waals surface area contributed by atoms with Crippen molar-refractivity contribution in [2.75, 3.05) is 10.6 Å². The highest BCUT2D eigenvalue weighted by Gasteiger charge is 2.41. The zero-order valence-electron chi connectivity index (χ0n) is 14.7. The third-order valence-corrected chi connectivity index (χ3v) is 5.54. The molecule has 0 bridgehead atoms. The number of carbonyl (C=O) groups excluding carboxylic acids is 2. The minimum atomic E-state index is -0.952. The van der Waals surface area contributed by atoms with Gasteiger partial charge in [0.25, 0.3) is 0 Å². The SMILES string of the molecule is O=C(Nc1ccccc1)[C@@H]1C(=O)Nc2ccccc2[C@@H]1c1ccc(Cl)c(Cl)c1. The molecule has 2 N–H and O–H groups in total. The predicted octanol–water partition coefficient (Wildman–Crippen LogP) is 5.33. The van der Waals surface area contributed by atoms with Crippen molar-refractivity contribution < 1.29 is 9.59 Å². The van der Waals surface area contributed by atoms with E-state index < -0.39 is 11.8 Å². The number of carbonyl (C=O) groups is 2. The summed E-state index contributed by atoms with van der Waals surface area (Å²) in [6.45, 7) is 0. The van der Waals surface area contributed by atoms with Crippen LogP contribution in [0.4, 0.5) is 11.4 Å². The van der Waals surface area contributed by atoms with Gasteiger partial charge in [-0.25, -0.2) is 0 Å². The first kappa shape index (κ1) is 18.5. The molecule has 6 heteroatoms. The molecular weight excluding hydrogens is 395 g/mol. The van der Waals surface area contributed by atoms with Gasteiger partial charge >= 0.3 is 0 Å². The molecule has 0 saturated carbocycles. The second-order valence-electron chi connectivity index (χ2n) is 6.56. The summed E-state index contributed by atoms with van der Waals surface area (Å²) in [5.41, 5.74) is 2.93. The highest BCUT2D eigenvalue weighted by Crippen LogP contribution is 2.42. The molecule has 28 heavy (non-hydrogen) atoms. The van der Waals surface area contributed by atoms with Crippen molar-refractivity contribution >= 4 is 46.4 Å². The highest BCUT2D eigenvalue weighted by molar-refractivity contribution is 6.42. The summed E-state index contributed by atoms with van der Waals surface area (Å²) in [5.74, 6) is -2.17.